The van der Waals surface area contributed by atoms with Crippen LogP contribution in [0.5, 0.6) is 0 Å². The third-order valence-corrected chi connectivity index (χ3v) is 2.44. The molecule has 2 unspecified atom stereocenters. The van der Waals surface area contributed by atoms with E-state index in [0.29, 0.717) is 19.0 Å². The lowest BCUT2D eigenvalue weighted by Crippen LogP contribution is -2.37. The summed E-state index contributed by atoms with van der Waals surface area (Å²) in [5.74, 6) is -0.750. The van der Waals surface area contributed by atoms with E-state index in [1.807, 2.05) is 0 Å². The molecule has 0 aliphatic carbocycles. The Hall–Kier alpha value is -1.53. The molecule has 1 aromatic heterocycles. The van der Waals surface area contributed by atoms with Crippen molar-refractivity contribution in [3.05, 3.63) is 24.1 Å². The third kappa shape index (κ3) is 2.34. The molecule has 1 fully saturated rings. The molecular formula is C10H12FN3O2. The van der Waals surface area contributed by atoms with Crippen LogP contribution in [0, 0.1) is 11.7 Å². The number of hydrogen-bond acceptors (Lipinski definition) is 4. The number of amides is 1. The molecular weight excluding hydrogens is 213 g/mol. The Labute approximate surface area is 91.8 Å². The zero-order valence-electron chi connectivity index (χ0n) is 8.52. The van der Waals surface area contributed by atoms with E-state index in [4.69, 9.17) is 10.5 Å². The van der Waals surface area contributed by atoms with Crippen molar-refractivity contribution in [1.82, 2.24) is 4.98 Å². The number of nitrogens with two attached hydrogens (primary N) is 1. The standard InChI is InChI=1S/C10H12FN3O2/c11-6-1-2-9(13-3-6)14-10(15)7-4-16-5-8(7)12/h1-3,7-8H,4-5,12H2,(H,13,14,15). The number of rotatable bonds is 2. The second-order valence-corrected chi connectivity index (χ2v) is 3.66. The highest BCUT2D eigenvalue weighted by atomic mass is 19.1. The molecule has 16 heavy (non-hydrogen) atoms. The molecule has 0 aromatic carbocycles. The van der Waals surface area contributed by atoms with Crippen LogP contribution >= 0.6 is 0 Å². The molecule has 0 saturated carbocycles. The summed E-state index contributed by atoms with van der Waals surface area (Å²) in [5.41, 5.74) is 5.69. The van der Waals surface area contributed by atoms with Gasteiger partial charge in [-0.05, 0) is 12.1 Å². The van der Waals surface area contributed by atoms with Gasteiger partial charge in [-0.2, -0.15) is 0 Å². The Bertz CT molecular complexity index is 382. The number of nitrogens with zero attached hydrogens (tertiary/aromatic N) is 1. The van der Waals surface area contributed by atoms with Gasteiger partial charge in [0.15, 0.2) is 0 Å². The van der Waals surface area contributed by atoms with E-state index in [1.165, 1.54) is 12.1 Å². The van der Waals surface area contributed by atoms with Crippen molar-refractivity contribution < 1.29 is 13.9 Å². The predicted molar refractivity (Wildman–Crippen MR) is 55.1 cm³/mol. The highest BCUT2D eigenvalue weighted by molar-refractivity contribution is 5.92. The van der Waals surface area contributed by atoms with E-state index >= 15 is 0 Å². The second kappa shape index (κ2) is 4.54. The fourth-order valence-corrected chi connectivity index (χ4v) is 1.51. The van der Waals surface area contributed by atoms with Crippen LogP contribution in [0.1, 0.15) is 0 Å². The van der Waals surface area contributed by atoms with Gasteiger partial charge >= 0.3 is 0 Å². The Kier molecular flexibility index (Phi) is 3.12. The highest BCUT2D eigenvalue weighted by Gasteiger charge is 2.31. The van der Waals surface area contributed by atoms with Gasteiger partial charge in [-0.25, -0.2) is 9.37 Å². The molecule has 2 atom stereocenters. The molecule has 1 saturated heterocycles. The zero-order chi connectivity index (χ0) is 11.5. The number of anilines is 1. The average Bonchev–Trinajstić information content (AvgIpc) is 2.68. The summed E-state index contributed by atoms with van der Waals surface area (Å²) in [7, 11) is 0. The number of hydrogen-bond donors (Lipinski definition) is 2. The van der Waals surface area contributed by atoms with E-state index in [2.05, 4.69) is 10.3 Å². The maximum Gasteiger partial charge on any atom is 0.232 e. The van der Waals surface area contributed by atoms with Gasteiger partial charge in [-0.1, -0.05) is 0 Å². The smallest absolute Gasteiger partial charge is 0.232 e. The molecule has 1 amide bonds. The first-order valence-corrected chi connectivity index (χ1v) is 4.92. The van der Waals surface area contributed by atoms with Gasteiger partial charge in [0.2, 0.25) is 5.91 Å². The summed E-state index contributed by atoms with van der Waals surface area (Å²) in [6.07, 6.45) is 1.04. The number of halogens is 1. The van der Waals surface area contributed by atoms with Gasteiger partial charge in [0, 0.05) is 6.04 Å². The van der Waals surface area contributed by atoms with Gasteiger partial charge in [-0.15, -0.1) is 0 Å². The predicted octanol–water partition coefficient (Wildman–Crippen LogP) is 0.133. The van der Waals surface area contributed by atoms with Crippen LogP contribution in [0.3, 0.4) is 0 Å². The first-order valence-electron chi connectivity index (χ1n) is 4.92. The molecule has 6 heteroatoms. The van der Waals surface area contributed by atoms with Gasteiger partial charge < -0.3 is 15.8 Å². The van der Waals surface area contributed by atoms with Gasteiger partial charge in [0.1, 0.15) is 11.6 Å². The first-order chi connectivity index (χ1) is 7.66. The van der Waals surface area contributed by atoms with Crippen molar-refractivity contribution in [2.24, 2.45) is 11.7 Å². The molecule has 0 spiro atoms. The number of ether oxygens (including phenoxy) is 1. The maximum atomic E-state index is 12.6. The molecule has 3 N–H and O–H groups in total. The van der Waals surface area contributed by atoms with Crippen LogP contribution in [-0.2, 0) is 9.53 Å². The fraction of sp³-hybridized carbons (Fsp3) is 0.400. The Morgan fingerprint density at radius 1 is 1.56 bits per heavy atom. The molecule has 2 rings (SSSR count). The van der Waals surface area contributed by atoms with Crippen LogP contribution in [-0.4, -0.2) is 30.1 Å². The SMILES string of the molecule is NC1COCC1C(=O)Nc1ccc(F)cn1. The molecule has 0 radical (unpaired) electrons. The summed E-state index contributed by atoms with van der Waals surface area (Å²) < 4.78 is 17.7. The maximum absolute atomic E-state index is 12.6. The summed E-state index contributed by atoms with van der Waals surface area (Å²) in [6.45, 7) is 0.698. The number of carbonyl (C=O) groups excluding carboxylic acids is 1. The molecule has 1 aromatic rings. The van der Waals surface area contributed by atoms with Crippen molar-refractivity contribution >= 4 is 11.7 Å². The monoisotopic (exact) mass is 225 g/mol. The molecule has 0 bridgehead atoms. The van der Waals surface area contributed by atoms with Crippen molar-refractivity contribution in [3.8, 4) is 0 Å². The number of carbonyl (C=O) groups is 1. The number of nitrogens with one attached hydrogen (secondary N) is 1. The van der Waals surface area contributed by atoms with Crippen molar-refractivity contribution in [1.29, 1.82) is 0 Å². The number of aromatic nitrogens is 1. The topological polar surface area (TPSA) is 77.2 Å². The summed E-state index contributed by atoms with van der Waals surface area (Å²) in [4.78, 5) is 15.4. The quantitative estimate of drug-likeness (QED) is 0.750. The highest BCUT2D eigenvalue weighted by Crippen LogP contribution is 2.14. The fourth-order valence-electron chi connectivity index (χ4n) is 1.51. The van der Waals surface area contributed by atoms with Crippen LogP contribution in [0.2, 0.25) is 0 Å². The van der Waals surface area contributed by atoms with Crippen LogP contribution in [0.4, 0.5) is 10.2 Å². The minimum atomic E-state index is -0.445. The Morgan fingerprint density at radius 2 is 2.38 bits per heavy atom. The third-order valence-electron chi connectivity index (χ3n) is 2.44. The van der Waals surface area contributed by atoms with Crippen LogP contribution < -0.4 is 11.1 Å². The zero-order valence-corrected chi connectivity index (χ0v) is 8.52. The lowest BCUT2D eigenvalue weighted by atomic mass is 10.0. The van der Waals surface area contributed by atoms with E-state index in [0.717, 1.165) is 6.20 Å². The van der Waals surface area contributed by atoms with E-state index in [9.17, 15) is 9.18 Å². The summed E-state index contributed by atoms with van der Waals surface area (Å²) in [5, 5.41) is 2.56. The second-order valence-electron chi connectivity index (χ2n) is 3.66. The van der Waals surface area contributed by atoms with Crippen LogP contribution in [0.25, 0.3) is 0 Å². The molecule has 5 nitrogen and oxygen atoms in total. The molecule has 86 valence electrons. The van der Waals surface area contributed by atoms with Crippen molar-refractivity contribution in [2.45, 2.75) is 6.04 Å². The average molecular weight is 225 g/mol. The van der Waals surface area contributed by atoms with Crippen LogP contribution in [0.15, 0.2) is 18.3 Å². The molecule has 2 heterocycles. The van der Waals surface area contributed by atoms with E-state index < -0.39 is 5.82 Å². The number of pyridine rings is 1. The Morgan fingerprint density at radius 3 is 2.94 bits per heavy atom. The summed E-state index contributed by atoms with van der Waals surface area (Å²) in [6, 6.07) is 2.34. The van der Waals surface area contributed by atoms with Gasteiger partial charge in [0.05, 0.1) is 25.3 Å². The van der Waals surface area contributed by atoms with E-state index in [-0.39, 0.29) is 17.9 Å². The molecule has 1 aliphatic rings. The van der Waals surface area contributed by atoms with E-state index in [1.54, 1.807) is 0 Å². The largest absolute Gasteiger partial charge is 0.379 e. The van der Waals surface area contributed by atoms with Crippen molar-refractivity contribution in [3.63, 3.8) is 0 Å². The first kappa shape index (κ1) is 11.0. The minimum Gasteiger partial charge on any atom is -0.379 e. The minimum absolute atomic E-state index is 0.246. The van der Waals surface area contributed by atoms with Crippen molar-refractivity contribution in [2.75, 3.05) is 18.5 Å². The van der Waals surface area contributed by atoms with Gasteiger partial charge in [-0.3, -0.25) is 4.79 Å². The lowest BCUT2D eigenvalue weighted by Gasteiger charge is -2.12. The Balaban J connectivity index is 1.99. The van der Waals surface area contributed by atoms with Gasteiger partial charge in [0.25, 0.3) is 0 Å². The molecule has 1 aliphatic heterocycles. The summed E-state index contributed by atoms with van der Waals surface area (Å²) >= 11 is 0. The normalized spacial score (nSPS) is 24.4. The lowest BCUT2D eigenvalue weighted by molar-refractivity contribution is -0.120.